The highest BCUT2D eigenvalue weighted by Gasteiger charge is 2.07. The highest BCUT2D eigenvalue weighted by molar-refractivity contribution is 5.99. The molecule has 0 amide bonds. The molecule has 104 valence electrons. The molecule has 0 fully saturated rings. The normalized spacial score (nSPS) is 11.2. The van der Waals surface area contributed by atoms with Crippen LogP contribution in [-0.2, 0) is 0 Å². The Hall–Kier alpha value is -3.08. The highest BCUT2D eigenvalue weighted by atomic mass is 16.3. The van der Waals surface area contributed by atoms with E-state index in [1.807, 2.05) is 6.07 Å². The van der Waals surface area contributed by atoms with Crippen LogP contribution in [0, 0.1) is 0 Å². The third-order valence-electron chi connectivity index (χ3n) is 3.21. The fourth-order valence-corrected chi connectivity index (χ4v) is 2.09. The molecule has 5 heteroatoms. The van der Waals surface area contributed by atoms with E-state index in [1.165, 1.54) is 0 Å². The third-order valence-corrected chi connectivity index (χ3v) is 3.21. The number of nitrogens with zero attached hydrogens (tertiary/aromatic N) is 2. The number of fused-ring (bicyclic) bond motifs is 1. The number of aromatic hydroxyl groups is 1. The van der Waals surface area contributed by atoms with Crippen molar-refractivity contribution in [2.45, 2.75) is 0 Å². The van der Waals surface area contributed by atoms with E-state index in [4.69, 9.17) is 11.5 Å². The van der Waals surface area contributed by atoms with E-state index in [9.17, 15) is 5.11 Å². The lowest BCUT2D eigenvalue weighted by molar-refractivity contribution is 0.482. The molecule has 21 heavy (non-hydrogen) atoms. The van der Waals surface area contributed by atoms with Crippen LogP contribution in [0.4, 0.5) is 22.7 Å². The summed E-state index contributed by atoms with van der Waals surface area (Å²) in [4.78, 5) is 0. The molecule has 0 saturated heterocycles. The lowest BCUT2D eigenvalue weighted by Crippen LogP contribution is -1.86. The zero-order valence-electron chi connectivity index (χ0n) is 11.2. The maximum Gasteiger partial charge on any atom is 0.150 e. The van der Waals surface area contributed by atoms with E-state index in [2.05, 4.69) is 10.2 Å². The smallest absolute Gasteiger partial charge is 0.150 e. The van der Waals surface area contributed by atoms with Gasteiger partial charge in [-0.2, -0.15) is 5.11 Å². The fourth-order valence-electron chi connectivity index (χ4n) is 2.09. The molecule has 0 atom stereocenters. The Morgan fingerprint density at radius 1 is 0.762 bits per heavy atom. The van der Waals surface area contributed by atoms with Crippen molar-refractivity contribution in [3.63, 3.8) is 0 Å². The Morgan fingerprint density at radius 3 is 2.29 bits per heavy atom. The second-order valence-corrected chi connectivity index (χ2v) is 4.67. The zero-order chi connectivity index (χ0) is 14.8. The summed E-state index contributed by atoms with van der Waals surface area (Å²) in [6.45, 7) is 0. The van der Waals surface area contributed by atoms with E-state index in [0.717, 1.165) is 5.39 Å². The first-order valence-electron chi connectivity index (χ1n) is 6.42. The van der Waals surface area contributed by atoms with Crippen molar-refractivity contribution in [2.24, 2.45) is 10.2 Å². The molecule has 0 aliphatic carbocycles. The van der Waals surface area contributed by atoms with Crippen LogP contribution in [0.3, 0.4) is 0 Å². The Bertz CT molecular complexity index is 826. The van der Waals surface area contributed by atoms with Gasteiger partial charge in [0.1, 0.15) is 5.69 Å². The Morgan fingerprint density at radius 2 is 1.52 bits per heavy atom. The molecule has 0 saturated carbocycles. The van der Waals surface area contributed by atoms with Crippen LogP contribution in [0.2, 0.25) is 0 Å². The highest BCUT2D eigenvalue weighted by Crippen LogP contribution is 2.37. The van der Waals surface area contributed by atoms with Crippen LogP contribution in [-0.4, -0.2) is 5.11 Å². The van der Waals surface area contributed by atoms with Gasteiger partial charge in [-0.1, -0.05) is 12.1 Å². The number of hydrogen-bond donors (Lipinski definition) is 3. The minimum Gasteiger partial charge on any atom is -0.505 e. The molecule has 0 aromatic heterocycles. The monoisotopic (exact) mass is 278 g/mol. The SMILES string of the molecule is Nc1ccc(N=Nc2ccc3c(N)cccc3c2O)cc1. The predicted octanol–water partition coefficient (Wildman–Crippen LogP) is 4.13. The van der Waals surface area contributed by atoms with E-state index in [1.54, 1.807) is 48.5 Å². The number of phenols is 1. The quantitative estimate of drug-likeness (QED) is 0.485. The number of rotatable bonds is 2. The van der Waals surface area contributed by atoms with Crippen molar-refractivity contribution in [1.82, 2.24) is 0 Å². The van der Waals surface area contributed by atoms with Crippen molar-refractivity contribution >= 4 is 33.5 Å². The Balaban J connectivity index is 2.01. The standard InChI is InChI=1S/C16H14N4O/c17-10-4-6-11(7-5-10)19-20-15-9-8-12-13(16(15)21)2-1-3-14(12)18/h1-9,21H,17-18H2. The van der Waals surface area contributed by atoms with Gasteiger partial charge in [-0.15, -0.1) is 5.11 Å². The minimum atomic E-state index is 0.0685. The van der Waals surface area contributed by atoms with E-state index < -0.39 is 0 Å². The molecule has 0 unspecified atom stereocenters. The van der Waals surface area contributed by atoms with E-state index in [0.29, 0.717) is 28.1 Å². The molecule has 5 nitrogen and oxygen atoms in total. The molecule has 3 rings (SSSR count). The van der Waals surface area contributed by atoms with Crippen LogP contribution in [0.5, 0.6) is 5.75 Å². The molecule has 0 heterocycles. The second kappa shape index (κ2) is 5.13. The largest absolute Gasteiger partial charge is 0.505 e. The number of azo groups is 1. The topological polar surface area (TPSA) is 97.0 Å². The average molecular weight is 278 g/mol. The minimum absolute atomic E-state index is 0.0685. The van der Waals surface area contributed by atoms with Gasteiger partial charge < -0.3 is 16.6 Å². The Kier molecular flexibility index (Phi) is 3.16. The van der Waals surface area contributed by atoms with Crippen LogP contribution in [0.1, 0.15) is 0 Å². The molecule has 0 spiro atoms. The van der Waals surface area contributed by atoms with Crippen molar-refractivity contribution in [2.75, 3.05) is 11.5 Å². The summed E-state index contributed by atoms with van der Waals surface area (Å²) in [5, 5.41) is 19.9. The van der Waals surface area contributed by atoms with Crippen molar-refractivity contribution in [3.05, 3.63) is 54.6 Å². The van der Waals surface area contributed by atoms with Crippen molar-refractivity contribution < 1.29 is 5.11 Å². The summed E-state index contributed by atoms with van der Waals surface area (Å²) < 4.78 is 0. The fraction of sp³-hybridized carbons (Fsp3) is 0. The maximum absolute atomic E-state index is 10.3. The number of anilines is 2. The van der Waals surface area contributed by atoms with Gasteiger partial charge in [0.05, 0.1) is 5.69 Å². The summed E-state index contributed by atoms with van der Waals surface area (Å²) >= 11 is 0. The van der Waals surface area contributed by atoms with Gasteiger partial charge in [-0.3, -0.25) is 0 Å². The predicted molar refractivity (Wildman–Crippen MR) is 85.1 cm³/mol. The first kappa shape index (κ1) is 12.9. The summed E-state index contributed by atoms with van der Waals surface area (Å²) in [5.74, 6) is 0.0685. The van der Waals surface area contributed by atoms with Gasteiger partial charge in [0.2, 0.25) is 0 Å². The van der Waals surface area contributed by atoms with E-state index in [-0.39, 0.29) is 5.75 Å². The lowest BCUT2D eigenvalue weighted by Gasteiger charge is -2.05. The van der Waals surface area contributed by atoms with E-state index >= 15 is 0 Å². The van der Waals surface area contributed by atoms with Gasteiger partial charge in [-0.25, -0.2) is 0 Å². The summed E-state index contributed by atoms with van der Waals surface area (Å²) in [7, 11) is 0. The molecular formula is C16H14N4O. The molecule has 0 radical (unpaired) electrons. The number of nitrogens with two attached hydrogens (primary N) is 2. The number of hydrogen-bond acceptors (Lipinski definition) is 5. The molecule has 3 aromatic rings. The van der Waals surface area contributed by atoms with Crippen LogP contribution in [0.25, 0.3) is 10.8 Å². The van der Waals surface area contributed by atoms with Crippen LogP contribution >= 0.6 is 0 Å². The number of nitrogen functional groups attached to an aromatic ring is 2. The average Bonchev–Trinajstić information content (AvgIpc) is 2.49. The van der Waals surface area contributed by atoms with Gasteiger partial charge in [0.25, 0.3) is 0 Å². The molecule has 0 aliphatic rings. The molecule has 5 N–H and O–H groups in total. The molecule has 0 aliphatic heterocycles. The number of benzene rings is 3. The van der Waals surface area contributed by atoms with Gasteiger partial charge in [0.15, 0.2) is 5.75 Å². The number of phenolic OH excluding ortho intramolecular Hbond substituents is 1. The second-order valence-electron chi connectivity index (χ2n) is 4.67. The molecular weight excluding hydrogens is 264 g/mol. The third kappa shape index (κ3) is 2.49. The van der Waals surface area contributed by atoms with Gasteiger partial charge in [-0.05, 0) is 42.5 Å². The Labute approximate surface area is 121 Å². The van der Waals surface area contributed by atoms with Gasteiger partial charge >= 0.3 is 0 Å². The maximum atomic E-state index is 10.3. The van der Waals surface area contributed by atoms with Crippen LogP contribution in [0.15, 0.2) is 64.8 Å². The summed E-state index contributed by atoms with van der Waals surface area (Å²) in [6.07, 6.45) is 0. The first-order valence-corrected chi connectivity index (χ1v) is 6.42. The zero-order valence-corrected chi connectivity index (χ0v) is 11.2. The lowest BCUT2D eigenvalue weighted by atomic mass is 10.1. The van der Waals surface area contributed by atoms with Crippen molar-refractivity contribution in [1.29, 1.82) is 0 Å². The van der Waals surface area contributed by atoms with Crippen molar-refractivity contribution in [3.8, 4) is 5.75 Å². The summed E-state index contributed by atoms with van der Waals surface area (Å²) in [6, 6.07) is 15.9. The summed E-state index contributed by atoms with van der Waals surface area (Å²) in [5.41, 5.74) is 13.8. The van der Waals surface area contributed by atoms with Crippen LogP contribution < -0.4 is 11.5 Å². The van der Waals surface area contributed by atoms with Gasteiger partial charge in [0, 0.05) is 22.1 Å². The molecule has 0 bridgehead atoms. The molecule has 3 aromatic carbocycles. The first-order chi connectivity index (χ1) is 10.1.